The third kappa shape index (κ3) is 3.18. The van der Waals surface area contributed by atoms with E-state index in [-0.39, 0.29) is 12.0 Å². The standard InChI is InChI=1S/C11H22N2O2/c1-3-9(11(14)15)10(4-2)13-7-5-12-6-8-13/h9-10,12H,3-8H2,1-2H3,(H,14,15)/t9-,10-/m1/s1. The Labute approximate surface area is 91.6 Å². The number of nitrogens with one attached hydrogen (secondary N) is 1. The van der Waals surface area contributed by atoms with E-state index >= 15 is 0 Å². The molecule has 88 valence electrons. The van der Waals surface area contributed by atoms with Crippen LogP contribution in [0.5, 0.6) is 0 Å². The van der Waals surface area contributed by atoms with Crippen LogP contribution >= 0.6 is 0 Å². The number of carbonyl (C=O) groups is 1. The summed E-state index contributed by atoms with van der Waals surface area (Å²) in [7, 11) is 0. The Morgan fingerprint density at radius 1 is 1.33 bits per heavy atom. The van der Waals surface area contributed by atoms with E-state index in [9.17, 15) is 4.79 Å². The first kappa shape index (κ1) is 12.5. The Morgan fingerprint density at radius 2 is 1.93 bits per heavy atom. The second kappa shape index (κ2) is 6.08. The summed E-state index contributed by atoms with van der Waals surface area (Å²) in [5.74, 6) is -0.865. The molecule has 15 heavy (non-hydrogen) atoms. The van der Waals surface area contributed by atoms with Gasteiger partial charge in [-0.05, 0) is 12.8 Å². The Balaban J connectivity index is 2.62. The van der Waals surface area contributed by atoms with Gasteiger partial charge in [0.25, 0.3) is 0 Å². The van der Waals surface area contributed by atoms with Gasteiger partial charge in [-0.3, -0.25) is 9.69 Å². The van der Waals surface area contributed by atoms with E-state index in [0.717, 1.165) is 39.0 Å². The SMILES string of the molecule is CC[C@H]([C@@H](CC)C(=O)O)N1CCNCC1. The van der Waals surface area contributed by atoms with Gasteiger partial charge in [0.2, 0.25) is 0 Å². The minimum atomic E-state index is -0.650. The molecule has 2 N–H and O–H groups in total. The fourth-order valence-electron chi connectivity index (χ4n) is 2.42. The zero-order valence-electron chi connectivity index (χ0n) is 9.70. The first-order valence-electron chi connectivity index (χ1n) is 5.88. The highest BCUT2D eigenvalue weighted by molar-refractivity contribution is 5.70. The maximum absolute atomic E-state index is 11.1. The van der Waals surface area contributed by atoms with Crippen molar-refractivity contribution in [1.29, 1.82) is 0 Å². The molecule has 1 heterocycles. The van der Waals surface area contributed by atoms with Crippen LogP contribution in [-0.2, 0) is 4.79 Å². The quantitative estimate of drug-likeness (QED) is 0.710. The summed E-state index contributed by atoms with van der Waals surface area (Å²) in [4.78, 5) is 13.4. The van der Waals surface area contributed by atoms with Crippen LogP contribution in [0.4, 0.5) is 0 Å². The highest BCUT2D eigenvalue weighted by atomic mass is 16.4. The molecule has 0 unspecified atom stereocenters. The van der Waals surface area contributed by atoms with Crippen LogP contribution in [0.1, 0.15) is 26.7 Å². The first-order valence-corrected chi connectivity index (χ1v) is 5.88. The van der Waals surface area contributed by atoms with Gasteiger partial charge in [-0.15, -0.1) is 0 Å². The molecule has 4 nitrogen and oxygen atoms in total. The smallest absolute Gasteiger partial charge is 0.308 e. The number of carboxylic acid groups (broad SMARTS) is 1. The number of hydrogen-bond donors (Lipinski definition) is 2. The summed E-state index contributed by atoms with van der Waals surface area (Å²) in [6.45, 7) is 7.95. The molecular formula is C11H22N2O2. The fourth-order valence-corrected chi connectivity index (χ4v) is 2.42. The molecule has 0 spiro atoms. The number of piperazine rings is 1. The molecule has 1 aliphatic rings. The highest BCUT2D eigenvalue weighted by Crippen LogP contribution is 2.19. The van der Waals surface area contributed by atoms with Crippen LogP contribution in [0.2, 0.25) is 0 Å². The molecule has 0 aromatic carbocycles. The molecule has 0 bridgehead atoms. The molecule has 1 saturated heterocycles. The number of nitrogens with zero attached hydrogens (tertiary/aromatic N) is 1. The summed E-state index contributed by atoms with van der Waals surface area (Å²) >= 11 is 0. The van der Waals surface area contributed by atoms with Crippen LogP contribution in [0.25, 0.3) is 0 Å². The van der Waals surface area contributed by atoms with Crippen molar-refractivity contribution >= 4 is 5.97 Å². The van der Waals surface area contributed by atoms with Crippen molar-refractivity contribution in [3.05, 3.63) is 0 Å². The van der Waals surface area contributed by atoms with E-state index in [1.54, 1.807) is 0 Å². The topological polar surface area (TPSA) is 52.6 Å². The monoisotopic (exact) mass is 214 g/mol. The van der Waals surface area contributed by atoms with E-state index < -0.39 is 5.97 Å². The average molecular weight is 214 g/mol. The van der Waals surface area contributed by atoms with Gasteiger partial charge in [0.05, 0.1) is 5.92 Å². The van der Waals surface area contributed by atoms with E-state index in [1.807, 2.05) is 6.92 Å². The molecule has 0 radical (unpaired) electrons. The fraction of sp³-hybridized carbons (Fsp3) is 0.909. The van der Waals surface area contributed by atoms with Crippen LogP contribution in [0, 0.1) is 5.92 Å². The minimum absolute atomic E-state index is 0.203. The largest absolute Gasteiger partial charge is 0.481 e. The normalized spacial score (nSPS) is 22.3. The molecule has 0 aromatic heterocycles. The van der Waals surface area contributed by atoms with E-state index in [4.69, 9.17) is 5.11 Å². The van der Waals surface area contributed by atoms with Crippen molar-refractivity contribution < 1.29 is 9.90 Å². The zero-order chi connectivity index (χ0) is 11.3. The van der Waals surface area contributed by atoms with Crippen LogP contribution in [-0.4, -0.2) is 48.2 Å². The van der Waals surface area contributed by atoms with Gasteiger partial charge in [0, 0.05) is 32.2 Å². The number of hydrogen-bond acceptors (Lipinski definition) is 3. The van der Waals surface area contributed by atoms with Crippen LogP contribution in [0.3, 0.4) is 0 Å². The molecule has 2 atom stereocenters. The Bertz CT molecular complexity index is 203. The third-order valence-corrected chi connectivity index (χ3v) is 3.26. The number of rotatable bonds is 5. The second-order valence-corrected chi connectivity index (χ2v) is 4.11. The zero-order valence-corrected chi connectivity index (χ0v) is 9.70. The van der Waals surface area contributed by atoms with Gasteiger partial charge in [-0.25, -0.2) is 0 Å². The van der Waals surface area contributed by atoms with Gasteiger partial charge < -0.3 is 10.4 Å². The lowest BCUT2D eigenvalue weighted by molar-refractivity contribution is -0.144. The molecule has 1 aliphatic heterocycles. The summed E-state index contributed by atoms with van der Waals surface area (Å²) in [5.41, 5.74) is 0. The van der Waals surface area contributed by atoms with Gasteiger partial charge in [0.1, 0.15) is 0 Å². The van der Waals surface area contributed by atoms with Crippen molar-refractivity contribution in [2.45, 2.75) is 32.7 Å². The molecule has 0 amide bonds. The highest BCUT2D eigenvalue weighted by Gasteiger charge is 2.30. The Kier molecular flexibility index (Phi) is 5.05. The number of carboxylic acids is 1. The van der Waals surface area contributed by atoms with E-state index in [0.29, 0.717) is 0 Å². The Morgan fingerprint density at radius 3 is 2.33 bits per heavy atom. The van der Waals surface area contributed by atoms with Crippen molar-refractivity contribution in [1.82, 2.24) is 10.2 Å². The van der Waals surface area contributed by atoms with Gasteiger partial charge in [-0.2, -0.15) is 0 Å². The molecule has 0 aromatic rings. The van der Waals surface area contributed by atoms with Crippen molar-refractivity contribution in [2.75, 3.05) is 26.2 Å². The van der Waals surface area contributed by atoms with Crippen molar-refractivity contribution in [3.63, 3.8) is 0 Å². The molecule has 0 saturated carbocycles. The lowest BCUT2D eigenvalue weighted by Gasteiger charge is -2.37. The van der Waals surface area contributed by atoms with Crippen LogP contribution < -0.4 is 5.32 Å². The first-order chi connectivity index (χ1) is 7.20. The minimum Gasteiger partial charge on any atom is -0.481 e. The lowest BCUT2D eigenvalue weighted by Crippen LogP contribution is -2.51. The molecule has 1 fully saturated rings. The van der Waals surface area contributed by atoms with Crippen LogP contribution in [0.15, 0.2) is 0 Å². The third-order valence-electron chi connectivity index (χ3n) is 3.26. The lowest BCUT2D eigenvalue weighted by atomic mass is 9.93. The number of aliphatic carboxylic acids is 1. The maximum atomic E-state index is 11.1. The van der Waals surface area contributed by atoms with Gasteiger partial charge in [-0.1, -0.05) is 13.8 Å². The molecule has 4 heteroatoms. The summed E-state index contributed by atoms with van der Waals surface area (Å²) in [6, 6.07) is 0.203. The van der Waals surface area contributed by atoms with E-state index in [2.05, 4.69) is 17.1 Å². The van der Waals surface area contributed by atoms with E-state index in [1.165, 1.54) is 0 Å². The summed E-state index contributed by atoms with van der Waals surface area (Å²) < 4.78 is 0. The Hall–Kier alpha value is -0.610. The predicted molar refractivity (Wildman–Crippen MR) is 59.9 cm³/mol. The molecule has 0 aliphatic carbocycles. The second-order valence-electron chi connectivity index (χ2n) is 4.11. The summed E-state index contributed by atoms with van der Waals surface area (Å²) in [6.07, 6.45) is 1.64. The predicted octanol–water partition coefficient (Wildman–Crippen LogP) is 0.781. The average Bonchev–Trinajstić information content (AvgIpc) is 2.26. The van der Waals surface area contributed by atoms with Crippen molar-refractivity contribution in [3.8, 4) is 0 Å². The summed E-state index contributed by atoms with van der Waals surface area (Å²) in [5, 5.41) is 12.5. The molecular weight excluding hydrogens is 192 g/mol. The van der Waals surface area contributed by atoms with Gasteiger partial charge >= 0.3 is 5.97 Å². The molecule has 1 rings (SSSR count). The van der Waals surface area contributed by atoms with Crippen molar-refractivity contribution in [2.24, 2.45) is 5.92 Å². The van der Waals surface area contributed by atoms with Gasteiger partial charge in [0.15, 0.2) is 0 Å². The maximum Gasteiger partial charge on any atom is 0.308 e.